The molecule has 2 heterocycles. The molecule has 0 N–H and O–H groups in total. The lowest BCUT2D eigenvalue weighted by Gasteiger charge is -2.35. The van der Waals surface area contributed by atoms with Crippen molar-refractivity contribution in [1.29, 1.82) is 0 Å². The van der Waals surface area contributed by atoms with Crippen molar-refractivity contribution in [3.05, 3.63) is 58.6 Å². The first-order valence-corrected chi connectivity index (χ1v) is 11.4. The van der Waals surface area contributed by atoms with Crippen molar-refractivity contribution in [3.63, 3.8) is 0 Å². The van der Waals surface area contributed by atoms with Crippen LogP contribution >= 0.6 is 23.4 Å². The van der Waals surface area contributed by atoms with Gasteiger partial charge >= 0.3 is 0 Å². The molecule has 0 atom stereocenters. The van der Waals surface area contributed by atoms with Crippen LogP contribution < -0.4 is 4.90 Å². The minimum Gasteiger partial charge on any atom is -0.336 e. The molecule has 4 rings (SSSR count). The van der Waals surface area contributed by atoms with E-state index in [0.29, 0.717) is 43.3 Å². The molecule has 5 nitrogen and oxygen atoms in total. The average molecular weight is 430 g/mol. The molecule has 0 aromatic heterocycles. The molecule has 2 aromatic carbocycles. The number of fused-ring (bicyclic) bond motifs is 1. The summed E-state index contributed by atoms with van der Waals surface area (Å²) < 4.78 is 0. The second-order valence-corrected chi connectivity index (χ2v) is 8.63. The number of rotatable bonds is 4. The molecule has 29 heavy (non-hydrogen) atoms. The fraction of sp³-hybridized carbons (Fsp3) is 0.364. The molecule has 1 fully saturated rings. The Morgan fingerprint density at radius 2 is 1.79 bits per heavy atom. The quantitative estimate of drug-likeness (QED) is 0.698. The molecule has 0 saturated carbocycles. The van der Waals surface area contributed by atoms with Crippen molar-refractivity contribution >= 4 is 40.9 Å². The van der Waals surface area contributed by atoms with E-state index in [4.69, 9.17) is 11.6 Å². The second-order valence-electron chi connectivity index (χ2n) is 7.34. The summed E-state index contributed by atoms with van der Waals surface area (Å²) in [7, 11) is 0. The van der Waals surface area contributed by atoms with Crippen molar-refractivity contribution in [2.45, 2.75) is 11.3 Å². The summed E-state index contributed by atoms with van der Waals surface area (Å²) in [4.78, 5) is 32.6. The van der Waals surface area contributed by atoms with Crippen LogP contribution in [0, 0.1) is 0 Å². The van der Waals surface area contributed by atoms with E-state index in [-0.39, 0.29) is 11.8 Å². The number of halogens is 1. The third-order valence-corrected chi connectivity index (χ3v) is 6.67. The summed E-state index contributed by atoms with van der Waals surface area (Å²) >= 11 is 7.85. The lowest BCUT2D eigenvalue weighted by atomic mass is 10.1. The van der Waals surface area contributed by atoms with Crippen LogP contribution in [0.4, 0.5) is 5.69 Å². The monoisotopic (exact) mass is 429 g/mol. The highest BCUT2D eigenvalue weighted by atomic mass is 35.5. The molecule has 0 unspecified atom stereocenters. The number of carbonyl (C=O) groups is 2. The van der Waals surface area contributed by atoms with Crippen LogP contribution in [-0.4, -0.2) is 67.1 Å². The fourth-order valence-corrected chi connectivity index (χ4v) is 4.59. The fourth-order valence-electron chi connectivity index (χ4n) is 3.95. The van der Waals surface area contributed by atoms with Crippen LogP contribution in [0.5, 0.6) is 0 Å². The van der Waals surface area contributed by atoms with E-state index in [1.165, 1.54) is 5.56 Å². The number of hydrogen-bond acceptors (Lipinski definition) is 4. The summed E-state index contributed by atoms with van der Waals surface area (Å²) in [6.45, 7) is 3.71. The highest BCUT2D eigenvalue weighted by Gasteiger charge is 2.28. The largest absolute Gasteiger partial charge is 0.336 e. The molecule has 0 radical (unpaired) electrons. The Kier molecular flexibility index (Phi) is 6.13. The number of thioether (sulfide) groups is 1. The Balaban J connectivity index is 1.34. The molecule has 0 aliphatic carbocycles. The lowest BCUT2D eigenvalue weighted by Crippen LogP contribution is -2.51. The van der Waals surface area contributed by atoms with Crippen molar-refractivity contribution in [1.82, 2.24) is 9.80 Å². The summed E-state index contributed by atoms with van der Waals surface area (Å²) in [5, 5.41) is 0.484. The highest BCUT2D eigenvalue weighted by molar-refractivity contribution is 7.98. The van der Waals surface area contributed by atoms with Gasteiger partial charge in [0.1, 0.15) is 0 Å². The van der Waals surface area contributed by atoms with Crippen LogP contribution in [-0.2, 0) is 11.2 Å². The van der Waals surface area contributed by atoms with Crippen LogP contribution in [0.1, 0.15) is 15.9 Å². The van der Waals surface area contributed by atoms with Gasteiger partial charge in [0, 0.05) is 43.3 Å². The maximum absolute atomic E-state index is 12.9. The third kappa shape index (κ3) is 4.29. The summed E-state index contributed by atoms with van der Waals surface area (Å²) in [6.07, 6.45) is 2.89. The molecule has 2 aliphatic heterocycles. The van der Waals surface area contributed by atoms with Gasteiger partial charge in [0.05, 0.1) is 17.1 Å². The number of anilines is 1. The normalized spacial score (nSPS) is 16.8. The predicted octanol–water partition coefficient (Wildman–Crippen LogP) is 3.41. The van der Waals surface area contributed by atoms with Crippen LogP contribution in [0.25, 0.3) is 0 Å². The van der Waals surface area contributed by atoms with Gasteiger partial charge in [0.25, 0.3) is 5.91 Å². The number of benzene rings is 2. The maximum atomic E-state index is 12.9. The Labute approximate surface area is 180 Å². The van der Waals surface area contributed by atoms with Gasteiger partial charge in [0.2, 0.25) is 5.91 Å². The zero-order chi connectivity index (χ0) is 20.4. The molecule has 7 heteroatoms. The molecule has 0 spiro atoms. The molecule has 2 aromatic rings. The van der Waals surface area contributed by atoms with Gasteiger partial charge in [-0.15, -0.1) is 11.8 Å². The smallest absolute Gasteiger partial charge is 0.255 e. The van der Waals surface area contributed by atoms with Crippen molar-refractivity contribution in [2.75, 3.05) is 50.4 Å². The number of amides is 2. The molecule has 2 amide bonds. The van der Waals surface area contributed by atoms with E-state index < -0.39 is 0 Å². The van der Waals surface area contributed by atoms with Gasteiger partial charge in [-0.05, 0) is 42.5 Å². The van der Waals surface area contributed by atoms with Crippen LogP contribution in [0.3, 0.4) is 0 Å². The van der Waals surface area contributed by atoms with Gasteiger partial charge in [-0.25, -0.2) is 0 Å². The highest BCUT2D eigenvalue weighted by Crippen LogP contribution is 2.28. The predicted molar refractivity (Wildman–Crippen MR) is 118 cm³/mol. The minimum absolute atomic E-state index is 0.0367. The van der Waals surface area contributed by atoms with Crippen LogP contribution in [0.15, 0.2) is 47.4 Å². The number of nitrogens with zero attached hydrogens (tertiary/aromatic N) is 3. The standard InChI is InChI=1S/C22H24ClN3O2S/c1-29-17-6-7-19(23)18(14-17)22(28)25-12-10-24(11-13-25)15-21(27)26-9-8-16-4-2-3-5-20(16)26/h2-7,14H,8-13,15H2,1H3. The first kappa shape index (κ1) is 20.3. The molecular weight excluding hydrogens is 406 g/mol. The average Bonchev–Trinajstić information content (AvgIpc) is 3.18. The van der Waals surface area contributed by atoms with Gasteiger partial charge in [0.15, 0.2) is 0 Å². The topological polar surface area (TPSA) is 43.9 Å². The summed E-state index contributed by atoms with van der Waals surface area (Å²) in [6, 6.07) is 13.7. The number of carbonyl (C=O) groups excluding carboxylic acids is 2. The zero-order valence-electron chi connectivity index (χ0n) is 16.4. The van der Waals surface area contributed by atoms with E-state index in [9.17, 15) is 9.59 Å². The van der Waals surface area contributed by atoms with Crippen molar-refractivity contribution in [3.8, 4) is 0 Å². The van der Waals surface area contributed by atoms with E-state index in [1.54, 1.807) is 17.8 Å². The molecule has 2 aliphatic rings. The van der Waals surface area contributed by atoms with Gasteiger partial charge in [-0.3, -0.25) is 14.5 Å². The minimum atomic E-state index is -0.0367. The Morgan fingerprint density at radius 1 is 1.03 bits per heavy atom. The van der Waals surface area contributed by atoms with Gasteiger partial charge < -0.3 is 9.80 Å². The molecular formula is C22H24ClN3O2S. The number of para-hydroxylation sites is 1. The molecule has 152 valence electrons. The van der Waals surface area contributed by atoms with E-state index in [2.05, 4.69) is 11.0 Å². The van der Waals surface area contributed by atoms with E-state index in [1.807, 2.05) is 46.4 Å². The van der Waals surface area contributed by atoms with Gasteiger partial charge in [-0.1, -0.05) is 29.8 Å². The lowest BCUT2D eigenvalue weighted by molar-refractivity contribution is -0.120. The number of hydrogen-bond donors (Lipinski definition) is 0. The summed E-state index contributed by atoms with van der Waals surface area (Å²) in [5.41, 5.74) is 2.83. The molecule has 1 saturated heterocycles. The van der Waals surface area contributed by atoms with Crippen molar-refractivity contribution in [2.24, 2.45) is 0 Å². The first-order valence-electron chi connectivity index (χ1n) is 9.80. The Hall–Kier alpha value is -2.02. The first-order chi connectivity index (χ1) is 14.1. The van der Waals surface area contributed by atoms with Crippen LogP contribution in [0.2, 0.25) is 5.02 Å². The Bertz CT molecular complexity index is 928. The summed E-state index contributed by atoms with van der Waals surface area (Å²) in [5.74, 6) is 0.0933. The Morgan fingerprint density at radius 3 is 2.55 bits per heavy atom. The maximum Gasteiger partial charge on any atom is 0.255 e. The van der Waals surface area contributed by atoms with Crippen molar-refractivity contribution < 1.29 is 9.59 Å². The second kappa shape index (κ2) is 8.78. The van der Waals surface area contributed by atoms with E-state index in [0.717, 1.165) is 23.5 Å². The number of piperazine rings is 1. The SMILES string of the molecule is CSc1ccc(Cl)c(C(=O)N2CCN(CC(=O)N3CCc4ccccc43)CC2)c1. The molecule has 0 bridgehead atoms. The van der Waals surface area contributed by atoms with E-state index >= 15 is 0 Å². The third-order valence-electron chi connectivity index (χ3n) is 5.61. The zero-order valence-corrected chi connectivity index (χ0v) is 18.0. The van der Waals surface area contributed by atoms with Gasteiger partial charge in [-0.2, -0.15) is 0 Å².